The van der Waals surface area contributed by atoms with Gasteiger partial charge in [-0.2, -0.15) is 0 Å². The van der Waals surface area contributed by atoms with Gasteiger partial charge in [0.2, 0.25) is 5.16 Å². The number of aromatic nitrogens is 5. The summed E-state index contributed by atoms with van der Waals surface area (Å²) in [7, 11) is 1.67. The van der Waals surface area contributed by atoms with E-state index < -0.39 is 0 Å². The van der Waals surface area contributed by atoms with Gasteiger partial charge in [0.25, 0.3) is 0 Å². The lowest BCUT2D eigenvalue weighted by atomic mass is 10.2. The van der Waals surface area contributed by atoms with Gasteiger partial charge in [-0.05, 0) is 35.4 Å². The third kappa shape index (κ3) is 4.05. The van der Waals surface area contributed by atoms with E-state index in [0.29, 0.717) is 6.54 Å². The zero-order valence-corrected chi connectivity index (χ0v) is 16.0. The topological polar surface area (TPSA) is 75.0 Å². The molecule has 26 heavy (non-hydrogen) atoms. The Labute approximate surface area is 159 Å². The van der Waals surface area contributed by atoms with Gasteiger partial charge in [0.05, 0.1) is 25.5 Å². The van der Waals surface area contributed by atoms with E-state index in [4.69, 9.17) is 14.5 Å². The highest BCUT2D eigenvalue weighted by Gasteiger charge is 2.19. The molecule has 0 spiro atoms. The van der Waals surface area contributed by atoms with Crippen LogP contribution in [0.4, 0.5) is 0 Å². The lowest BCUT2D eigenvalue weighted by Gasteiger charge is -2.09. The van der Waals surface area contributed by atoms with E-state index in [1.165, 1.54) is 0 Å². The maximum absolute atomic E-state index is 5.67. The summed E-state index contributed by atoms with van der Waals surface area (Å²) in [5.41, 5.74) is 2.08. The molecule has 1 fully saturated rings. The van der Waals surface area contributed by atoms with E-state index >= 15 is 0 Å². The predicted molar refractivity (Wildman–Crippen MR) is 100 cm³/mol. The number of thiazole rings is 1. The summed E-state index contributed by atoms with van der Waals surface area (Å²) in [5, 5.41) is 15.9. The summed E-state index contributed by atoms with van der Waals surface area (Å²) in [6, 6.07) is 7.95. The van der Waals surface area contributed by atoms with Crippen molar-refractivity contribution in [2.24, 2.45) is 0 Å². The molecule has 3 aromatic rings. The van der Waals surface area contributed by atoms with Crippen LogP contribution in [0.25, 0.3) is 10.6 Å². The quantitative estimate of drug-likeness (QED) is 0.574. The van der Waals surface area contributed by atoms with Gasteiger partial charge >= 0.3 is 0 Å². The largest absolute Gasteiger partial charge is 0.497 e. The third-order valence-corrected chi connectivity index (χ3v) is 6.05. The summed E-state index contributed by atoms with van der Waals surface area (Å²) in [5.74, 6) is 1.56. The van der Waals surface area contributed by atoms with Gasteiger partial charge < -0.3 is 9.47 Å². The monoisotopic (exact) mass is 389 g/mol. The van der Waals surface area contributed by atoms with Crippen LogP contribution in [0.3, 0.4) is 0 Å². The molecule has 1 unspecified atom stereocenters. The minimum atomic E-state index is 0.219. The average molecular weight is 390 g/mol. The van der Waals surface area contributed by atoms with Crippen molar-refractivity contribution in [3.63, 3.8) is 0 Å². The van der Waals surface area contributed by atoms with Crippen molar-refractivity contribution in [3.05, 3.63) is 35.3 Å². The van der Waals surface area contributed by atoms with Gasteiger partial charge in [-0.15, -0.1) is 16.4 Å². The molecule has 1 saturated heterocycles. The fraction of sp³-hybridized carbons (Fsp3) is 0.412. The molecule has 1 aliphatic rings. The zero-order valence-electron chi connectivity index (χ0n) is 14.4. The van der Waals surface area contributed by atoms with Crippen molar-refractivity contribution in [1.82, 2.24) is 25.2 Å². The van der Waals surface area contributed by atoms with Gasteiger partial charge in [-0.25, -0.2) is 9.67 Å². The van der Waals surface area contributed by atoms with Crippen LogP contribution in [-0.4, -0.2) is 45.0 Å². The molecule has 0 N–H and O–H groups in total. The molecule has 1 aliphatic heterocycles. The lowest BCUT2D eigenvalue weighted by molar-refractivity contribution is 0.0912. The Kier molecular flexibility index (Phi) is 5.47. The second-order valence-electron chi connectivity index (χ2n) is 5.94. The highest BCUT2D eigenvalue weighted by atomic mass is 32.2. The summed E-state index contributed by atoms with van der Waals surface area (Å²) >= 11 is 3.23. The SMILES string of the molecule is COc1cccc(-c2nc(CSc3nnnn3CC3CCCO3)cs2)c1. The second kappa shape index (κ2) is 8.15. The molecule has 0 saturated carbocycles. The first kappa shape index (κ1) is 17.4. The van der Waals surface area contributed by atoms with Crippen LogP contribution >= 0.6 is 23.1 Å². The first-order chi connectivity index (χ1) is 12.8. The maximum atomic E-state index is 5.67. The Morgan fingerprint density at radius 1 is 1.42 bits per heavy atom. The number of methoxy groups -OCH3 is 1. The molecule has 136 valence electrons. The van der Waals surface area contributed by atoms with Crippen molar-refractivity contribution >= 4 is 23.1 Å². The molecule has 0 bridgehead atoms. The van der Waals surface area contributed by atoms with Crippen LogP contribution in [0.5, 0.6) is 5.75 Å². The van der Waals surface area contributed by atoms with Gasteiger partial charge in [0.1, 0.15) is 10.8 Å². The van der Waals surface area contributed by atoms with Crippen LogP contribution in [0.15, 0.2) is 34.8 Å². The van der Waals surface area contributed by atoms with Crippen molar-refractivity contribution < 1.29 is 9.47 Å². The molecule has 4 rings (SSSR count). The molecule has 3 heterocycles. The van der Waals surface area contributed by atoms with E-state index in [-0.39, 0.29) is 6.10 Å². The number of nitrogens with zero attached hydrogens (tertiary/aromatic N) is 5. The maximum Gasteiger partial charge on any atom is 0.209 e. The Hall–Kier alpha value is -1.97. The fourth-order valence-electron chi connectivity index (χ4n) is 2.80. The molecule has 1 aromatic carbocycles. The van der Waals surface area contributed by atoms with E-state index in [0.717, 1.165) is 52.4 Å². The smallest absolute Gasteiger partial charge is 0.209 e. The molecular weight excluding hydrogens is 370 g/mol. The van der Waals surface area contributed by atoms with Crippen LogP contribution < -0.4 is 4.74 Å². The Morgan fingerprint density at radius 2 is 2.38 bits per heavy atom. The van der Waals surface area contributed by atoms with E-state index in [1.54, 1.807) is 30.2 Å². The predicted octanol–water partition coefficient (Wildman–Crippen LogP) is 3.28. The highest BCUT2D eigenvalue weighted by Crippen LogP contribution is 2.29. The van der Waals surface area contributed by atoms with Crippen LogP contribution in [-0.2, 0) is 17.0 Å². The van der Waals surface area contributed by atoms with E-state index in [2.05, 4.69) is 20.9 Å². The van der Waals surface area contributed by atoms with Gasteiger partial charge in [0, 0.05) is 23.3 Å². The van der Waals surface area contributed by atoms with Gasteiger partial charge in [0.15, 0.2) is 0 Å². The number of tetrazole rings is 1. The van der Waals surface area contributed by atoms with Gasteiger partial charge in [-0.3, -0.25) is 0 Å². The van der Waals surface area contributed by atoms with Crippen molar-refractivity contribution in [3.8, 4) is 16.3 Å². The number of benzene rings is 1. The summed E-state index contributed by atoms with van der Waals surface area (Å²) < 4.78 is 12.8. The standard InChI is InChI=1S/C17H19N5O2S2/c1-23-14-5-2-4-12(8-14)16-18-13(10-25-16)11-26-17-19-20-21-22(17)9-15-6-3-7-24-15/h2,4-5,8,10,15H,3,6-7,9,11H2,1H3. The third-order valence-electron chi connectivity index (χ3n) is 4.12. The van der Waals surface area contributed by atoms with Crippen LogP contribution in [0.2, 0.25) is 0 Å². The molecule has 0 amide bonds. The number of ether oxygens (including phenoxy) is 2. The molecule has 9 heteroatoms. The second-order valence-corrected chi connectivity index (χ2v) is 7.74. The molecule has 7 nitrogen and oxygen atoms in total. The number of rotatable bonds is 7. The Morgan fingerprint density at radius 3 is 3.23 bits per heavy atom. The molecule has 0 radical (unpaired) electrons. The summed E-state index contributed by atoms with van der Waals surface area (Å²) in [4.78, 5) is 4.73. The highest BCUT2D eigenvalue weighted by molar-refractivity contribution is 7.98. The van der Waals surface area contributed by atoms with Crippen molar-refractivity contribution in [2.45, 2.75) is 36.4 Å². The van der Waals surface area contributed by atoms with E-state index in [1.807, 2.05) is 28.9 Å². The van der Waals surface area contributed by atoms with Crippen molar-refractivity contribution in [1.29, 1.82) is 0 Å². The lowest BCUT2D eigenvalue weighted by Crippen LogP contribution is -2.16. The van der Waals surface area contributed by atoms with Crippen LogP contribution in [0, 0.1) is 0 Å². The van der Waals surface area contributed by atoms with E-state index in [9.17, 15) is 0 Å². The average Bonchev–Trinajstić information content (AvgIpc) is 3.43. The first-order valence-electron chi connectivity index (χ1n) is 8.41. The fourth-order valence-corrected chi connectivity index (χ4v) is 4.50. The van der Waals surface area contributed by atoms with Gasteiger partial charge in [-0.1, -0.05) is 23.9 Å². The number of thioether (sulfide) groups is 1. The zero-order chi connectivity index (χ0) is 17.8. The minimum Gasteiger partial charge on any atom is -0.497 e. The van der Waals surface area contributed by atoms with Crippen molar-refractivity contribution in [2.75, 3.05) is 13.7 Å². The first-order valence-corrected chi connectivity index (χ1v) is 10.3. The molecular formula is C17H19N5O2S2. The number of hydrogen-bond acceptors (Lipinski definition) is 8. The normalized spacial score (nSPS) is 16.9. The minimum absolute atomic E-state index is 0.219. The van der Waals surface area contributed by atoms with Crippen LogP contribution in [0.1, 0.15) is 18.5 Å². The summed E-state index contributed by atoms with van der Waals surface area (Å²) in [6.07, 6.45) is 2.40. The Balaban J connectivity index is 1.40. The summed E-state index contributed by atoms with van der Waals surface area (Å²) in [6.45, 7) is 1.54. The molecule has 1 atom stereocenters. The number of hydrogen-bond donors (Lipinski definition) is 0. The molecule has 0 aliphatic carbocycles. The molecule has 2 aromatic heterocycles. The Bertz CT molecular complexity index is 860.